The molecule has 0 saturated heterocycles. The van der Waals surface area contributed by atoms with Gasteiger partial charge in [-0.1, -0.05) is 23.7 Å². The van der Waals surface area contributed by atoms with E-state index in [1.807, 2.05) is 51.2 Å². The molecule has 1 atom stereocenters. The summed E-state index contributed by atoms with van der Waals surface area (Å²) in [5, 5.41) is 18.2. The first kappa shape index (κ1) is 23.8. The van der Waals surface area contributed by atoms with Crippen molar-refractivity contribution >= 4 is 11.6 Å². The van der Waals surface area contributed by atoms with E-state index in [2.05, 4.69) is 12.2 Å². The lowest BCUT2D eigenvalue weighted by atomic mass is 9.79. The van der Waals surface area contributed by atoms with Crippen molar-refractivity contribution < 1.29 is 14.5 Å². The van der Waals surface area contributed by atoms with Crippen LogP contribution in [0.2, 0.25) is 5.02 Å². The molecule has 0 bridgehead atoms. The highest BCUT2D eigenvalue weighted by molar-refractivity contribution is 6.30. The van der Waals surface area contributed by atoms with Crippen molar-refractivity contribution in [3.8, 4) is 0 Å². The molecule has 0 spiro atoms. The van der Waals surface area contributed by atoms with Crippen molar-refractivity contribution in [3.63, 3.8) is 0 Å². The summed E-state index contributed by atoms with van der Waals surface area (Å²) in [6.07, 6.45) is 5.46. The number of ether oxygens (including phenoxy) is 1. The highest BCUT2D eigenvalue weighted by Crippen LogP contribution is 2.43. The lowest BCUT2D eigenvalue weighted by Crippen LogP contribution is -2.42. The van der Waals surface area contributed by atoms with Crippen LogP contribution in [0.3, 0.4) is 0 Å². The Labute approximate surface area is 200 Å². The summed E-state index contributed by atoms with van der Waals surface area (Å²) in [6.45, 7) is 8.54. The summed E-state index contributed by atoms with van der Waals surface area (Å²) in [5.41, 5.74) is 5.58. The van der Waals surface area contributed by atoms with Crippen LogP contribution in [0.25, 0.3) is 0 Å². The van der Waals surface area contributed by atoms with E-state index in [4.69, 9.17) is 26.2 Å². The third-order valence-corrected chi connectivity index (χ3v) is 7.14. The summed E-state index contributed by atoms with van der Waals surface area (Å²) in [5.74, 6) is 0.403. The third-order valence-electron chi connectivity index (χ3n) is 6.89. The Bertz CT molecular complexity index is 1010. The van der Waals surface area contributed by atoms with E-state index in [1.165, 1.54) is 16.1 Å². The Morgan fingerprint density at radius 3 is 2.48 bits per heavy atom. The molecular weight excluding hydrogens is 440 g/mol. The minimum absolute atomic E-state index is 0.0471. The van der Waals surface area contributed by atoms with Crippen molar-refractivity contribution in [2.45, 2.75) is 83.6 Å². The first-order chi connectivity index (χ1) is 15.6. The van der Waals surface area contributed by atoms with Gasteiger partial charge >= 0.3 is 0 Å². The fourth-order valence-electron chi connectivity index (χ4n) is 4.66. The topological polar surface area (TPSA) is 73.0 Å². The molecule has 178 valence electrons. The van der Waals surface area contributed by atoms with Crippen LogP contribution in [0.5, 0.6) is 0 Å². The minimum atomic E-state index is -0.323. The van der Waals surface area contributed by atoms with E-state index in [0.717, 1.165) is 47.5 Å². The van der Waals surface area contributed by atoms with Gasteiger partial charge < -0.3 is 14.8 Å². The summed E-state index contributed by atoms with van der Waals surface area (Å²) in [6, 6.07) is 7.83. The molecule has 0 N–H and O–H groups in total. The molecule has 1 aromatic heterocycles. The Balaban J connectivity index is 1.45. The number of hydrogen-bond donors (Lipinski definition) is 0. The molecule has 2 aromatic rings. The number of hydrogen-bond acceptors (Lipinski definition) is 5. The molecule has 8 heteroatoms. The normalized spacial score (nSPS) is 23.3. The van der Waals surface area contributed by atoms with Gasteiger partial charge in [-0.2, -0.15) is 0 Å². The average molecular weight is 473 g/mol. The average Bonchev–Trinajstić information content (AvgIpc) is 3.21. The first-order valence-electron chi connectivity index (χ1n) is 11.6. The third kappa shape index (κ3) is 5.09. The van der Waals surface area contributed by atoms with Gasteiger partial charge in [-0.15, -0.1) is 5.01 Å². The lowest BCUT2D eigenvalue weighted by Gasteiger charge is -2.29. The minimum Gasteiger partial charge on any atom is -0.569 e. The molecule has 2 heterocycles. The second kappa shape index (κ2) is 9.47. The molecule has 1 aliphatic carbocycles. The van der Waals surface area contributed by atoms with Crippen LogP contribution < -0.4 is 0 Å². The maximum Gasteiger partial charge on any atom is 0.233 e. The largest absolute Gasteiger partial charge is 0.569 e. The van der Waals surface area contributed by atoms with Gasteiger partial charge in [0, 0.05) is 22.5 Å². The van der Waals surface area contributed by atoms with Crippen LogP contribution in [0, 0.1) is 12.1 Å². The molecule has 0 radical (unpaired) electrons. The molecule has 0 unspecified atom stereocenters. The van der Waals surface area contributed by atoms with Gasteiger partial charge in [0.1, 0.15) is 12.2 Å². The Hall–Kier alpha value is -2.38. The number of hydrazine groups is 1. The number of aromatic nitrogens is 1. The molecule has 33 heavy (non-hydrogen) atoms. The van der Waals surface area contributed by atoms with Gasteiger partial charge in [-0.05, 0) is 88.1 Å². The van der Waals surface area contributed by atoms with E-state index in [9.17, 15) is 5.21 Å². The van der Waals surface area contributed by atoms with Crippen LogP contribution in [-0.2, 0) is 16.2 Å². The van der Waals surface area contributed by atoms with E-state index in [-0.39, 0.29) is 17.7 Å². The number of rotatable bonds is 5. The summed E-state index contributed by atoms with van der Waals surface area (Å²) >= 11 is 6.06. The standard InChI is InChI=1S/C25H33ClN4O3/c1-16-23(17-8-12-20(13-9-17)33-28-30(31)29(5)25(2,3)4)22-15-32-24(21(22)14-27-16)18-6-10-19(26)11-7-18/h6-7,10-11,14,17,20,24H,8-9,12-13,15H2,1-5H3/t17-,20-,24-/m0/s1. The maximum atomic E-state index is 12.2. The Morgan fingerprint density at radius 2 is 1.85 bits per heavy atom. The van der Waals surface area contributed by atoms with Crippen molar-refractivity contribution in [1.82, 2.24) is 9.99 Å². The number of benzene rings is 1. The van der Waals surface area contributed by atoms with Gasteiger partial charge in [0.25, 0.3) is 0 Å². The van der Waals surface area contributed by atoms with Crippen LogP contribution in [0.1, 0.15) is 86.4 Å². The second-order valence-electron chi connectivity index (χ2n) is 10.0. The van der Waals surface area contributed by atoms with Crippen molar-refractivity contribution in [2.75, 3.05) is 7.05 Å². The fraction of sp³-hybridized carbons (Fsp3) is 0.560. The van der Waals surface area contributed by atoms with Gasteiger partial charge in [0.2, 0.25) is 5.28 Å². The molecule has 2 aliphatic rings. The molecule has 0 amide bonds. The zero-order valence-corrected chi connectivity index (χ0v) is 20.8. The zero-order valence-electron chi connectivity index (χ0n) is 20.0. The van der Waals surface area contributed by atoms with E-state index < -0.39 is 0 Å². The van der Waals surface area contributed by atoms with Crippen molar-refractivity contribution in [1.29, 1.82) is 0 Å². The van der Waals surface area contributed by atoms with Crippen molar-refractivity contribution in [3.05, 3.63) is 68.6 Å². The quantitative estimate of drug-likeness (QED) is 0.293. The van der Waals surface area contributed by atoms with E-state index in [1.54, 1.807) is 7.05 Å². The molecule has 7 nitrogen and oxygen atoms in total. The van der Waals surface area contributed by atoms with E-state index in [0.29, 0.717) is 17.5 Å². The highest BCUT2D eigenvalue weighted by atomic mass is 35.5. The maximum absolute atomic E-state index is 12.2. The predicted octanol–water partition coefficient (Wildman–Crippen LogP) is 6.23. The van der Waals surface area contributed by atoms with Crippen molar-refractivity contribution in [2.24, 2.45) is 5.28 Å². The van der Waals surface area contributed by atoms with Gasteiger partial charge in [-0.3, -0.25) is 4.98 Å². The van der Waals surface area contributed by atoms with Crippen LogP contribution in [-0.4, -0.2) is 33.7 Å². The molecule has 4 rings (SSSR count). The summed E-state index contributed by atoms with van der Waals surface area (Å²) in [4.78, 5) is 10.9. The Morgan fingerprint density at radius 1 is 1.18 bits per heavy atom. The number of halogens is 1. The highest BCUT2D eigenvalue weighted by Gasteiger charge is 2.33. The van der Waals surface area contributed by atoms with Gasteiger partial charge in [-0.25, -0.2) is 0 Å². The molecular formula is C25H33ClN4O3. The number of fused-ring (bicyclic) bond motifs is 1. The van der Waals surface area contributed by atoms with Gasteiger partial charge in [0.05, 0.1) is 24.2 Å². The molecule has 1 aliphatic heterocycles. The van der Waals surface area contributed by atoms with Crippen LogP contribution >= 0.6 is 11.6 Å². The second-order valence-corrected chi connectivity index (χ2v) is 10.5. The summed E-state index contributed by atoms with van der Waals surface area (Å²) in [7, 11) is 1.71. The summed E-state index contributed by atoms with van der Waals surface area (Å²) < 4.78 is 6.20. The van der Waals surface area contributed by atoms with Gasteiger partial charge in [0.15, 0.2) is 0 Å². The molecule has 1 saturated carbocycles. The number of aryl methyl sites for hydroxylation is 1. The molecule has 1 aromatic carbocycles. The number of nitrogens with zero attached hydrogens (tertiary/aromatic N) is 4. The van der Waals surface area contributed by atoms with Crippen LogP contribution in [0.15, 0.2) is 35.7 Å². The zero-order chi connectivity index (χ0) is 23.8. The smallest absolute Gasteiger partial charge is 0.233 e. The first-order valence-corrected chi connectivity index (χ1v) is 12.0. The monoisotopic (exact) mass is 472 g/mol. The van der Waals surface area contributed by atoms with E-state index >= 15 is 0 Å². The predicted molar refractivity (Wildman–Crippen MR) is 127 cm³/mol. The fourth-order valence-corrected chi connectivity index (χ4v) is 4.79. The number of pyridine rings is 1. The SMILES string of the molecule is Cc1ncc2c(c1[C@H]1CC[C@H](ON=[N+]([O-])N(C)C(C)(C)C)CC1)CO[C@H]2c1ccc(Cl)cc1. The lowest BCUT2D eigenvalue weighted by molar-refractivity contribution is -0.720. The van der Waals surface area contributed by atoms with Crippen LogP contribution in [0.4, 0.5) is 0 Å². The Kier molecular flexibility index (Phi) is 6.82. The molecule has 1 fully saturated rings.